The van der Waals surface area contributed by atoms with Gasteiger partial charge in [0.05, 0.1) is 10.0 Å². The maximum atomic E-state index is 5.93. The smallest absolute Gasteiger partial charge is 0.150 e. The monoisotopic (exact) mass is 252 g/mol. The molecule has 78 valence electrons. The maximum absolute atomic E-state index is 5.93. The molecule has 1 unspecified atom stereocenters. The van der Waals surface area contributed by atoms with Gasteiger partial charge in [0.25, 0.3) is 0 Å². The summed E-state index contributed by atoms with van der Waals surface area (Å²) < 4.78 is 0. The highest BCUT2D eigenvalue weighted by Gasteiger charge is 2.09. The molecule has 0 spiro atoms. The van der Waals surface area contributed by atoms with E-state index in [-0.39, 0.29) is 5.15 Å². The minimum Gasteiger partial charge on any atom is -0.366 e. The molecule has 0 saturated carbocycles. The van der Waals surface area contributed by atoms with Crippen LogP contribution in [0.1, 0.15) is 20.3 Å². The van der Waals surface area contributed by atoms with E-state index in [1.54, 1.807) is 6.07 Å². The molecule has 2 nitrogen and oxygen atoms in total. The average molecular weight is 254 g/mol. The third kappa shape index (κ3) is 2.91. The molecule has 1 heterocycles. The molecular formula is C9H11Cl3N2. The van der Waals surface area contributed by atoms with E-state index in [0.717, 1.165) is 6.42 Å². The topological polar surface area (TPSA) is 24.9 Å². The Morgan fingerprint density at radius 2 is 2.00 bits per heavy atom. The molecule has 0 aromatic carbocycles. The minimum absolute atomic E-state index is 0.266. The summed E-state index contributed by atoms with van der Waals surface area (Å²) in [5.74, 6) is 0.579. The van der Waals surface area contributed by atoms with Gasteiger partial charge in [-0.3, -0.25) is 0 Å². The summed E-state index contributed by atoms with van der Waals surface area (Å²) in [5, 5.41) is 4.26. The van der Waals surface area contributed by atoms with Crippen molar-refractivity contribution in [3.05, 3.63) is 21.3 Å². The number of aromatic nitrogens is 1. The molecular weight excluding hydrogens is 242 g/mol. The number of hydrogen-bond acceptors (Lipinski definition) is 2. The molecule has 0 bridgehead atoms. The lowest BCUT2D eigenvalue weighted by atomic mass is 10.2. The predicted molar refractivity (Wildman–Crippen MR) is 62.6 cm³/mol. The van der Waals surface area contributed by atoms with Gasteiger partial charge in [-0.15, -0.1) is 0 Å². The number of pyridine rings is 1. The fourth-order valence-corrected chi connectivity index (χ4v) is 1.43. The zero-order valence-electron chi connectivity index (χ0n) is 7.94. The van der Waals surface area contributed by atoms with E-state index in [4.69, 9.17) is 34.8 Å². The number of rotatable bonds is 3. The van der Waals surface area contributed by atoms with Crippen LogP contribution in [0.2, 0.25) is 15.2 Å². The van der Waals surface area contributed by atoms with Crippen LogP contribution in [0, 0.1) is 0 Å². The normalized spacial score (nSPS) is 12.6. The van der Waals surface area contributed by atoms with Gasteiger partial charge in [0, 0.05) is 6.04 Å². The van der Waals surface area contributed by atoms with Crippen molar-refractivity contribution >= 4 is 40.6 Å². The molecule has 0 aliphatic heterocycles. The maximum Gasteiger partial charge on any atom is 0.150 e. The first-order valence-corrected chi connectivity index (χ1v) is 5.46. The van der Waals surface area contributed by atoms with Crippen LogP contribution < -0.4 is 5.32 Å². The number of anilines is 1. The van der Waals surface area contributed by atoms with Crippen molar-refractivity contribution in [2.75, 3.05) is 5.32 Å². The molecule has 14 heavy (non-hydrogen) atoms. The van der Waals surface area contributed by atoms with E-state index < -0.39 is 0 Å². The zero-order chi connectivity index (χ0) is 10.7. The van der Waals surface area contributed by atoms with Gasteiger partial charge in [-0.25, -0.2) is 4.98 Å². The van der Waals surface area contributed by atoms with Gasteiger partial charge in [-0.1, -0.05) is 41.7 Å². The lowest BCUT2D eigenvalue weighted by molar-refractivity contribution is 0.759. The van der Waals surface area contributed by atoms with Crippen molar-refractivity contribution in [1.29, 1.82) is 0 Å². The summed E-state index contributed by atoms with van der Waals surface area (Å²) in [6.45, 7) is 4.11. The summed E-state index contributed by atoms with van der Waals surface area (Å²) in [4.78, 5) is 4.05. The van der Waals surface area contributed by atoms with E-state index in [9.17, 15) is 0 Å². The van der Waals surface area contributed by atoms with Gasteiger partial charge < -0.3 is 5.32 Å². The first-order chi connectivity index (χ1) is 6.54. The van der Waals surface area contributed by atoms with Crippen molar-refractivity contribution in [1.82, 2.24) is 4.98 Å². The highest BCUT2D eigenvalue weighted by molar-refractivity contribution is 6.42. The van der Waals surface area contributed by atoms with Crippen molar-refractivity contribution in [2.45, 2.75) is 26.3 Å². The van der Waals surface area contributed by atoms with Crippen LogP contribution in [-0.2, 0) is 0 Å². The van der Waals surface area contributed by atoms with E-state index in [2.05, 4.69) is 17.2 Å². The Labute approximate surface area is 98.6 Å². The molecule has 0 radical (unpaired) electrons. The van der Waals surface area contributed by atoms with Gasteiger partial charge in [0.1, 0.15) is 11.0 Å². The van der Waals surface area contributed by atoms with E-state index in [1.807, 2.05) is 6.92 Å². The highest BCUT2D eigenvalue weighted by Crippen LogP contribution is 2.29. The third-order valence-corrected chi connectivity index (χ3v) is 2.84. The van der Waals surface area contributed by atoms with Gasteiger partial charge >= 0.3 is 0 Å². The molecule has 1 aromatic heterocycles. The van der Waals surface area contributed by atoms with E-state index in [1.165, 1.54) is 0 Å². The lowest BCUT2D eigenvalue weighted by Crippen LogP contribution is -2.14. The largest absolute Gasteiger partial charge is 0.366 e. The zero-order valence-corrected chi connectivity index (χ0v) is 10.2. The van der Waals surface area contributed by atoms with Crippen LogP contribution in [0.5, 0.6) is 0 Å². The predicted octanol–water partition coefficient (Wildman–Crippen LogP) is 4.25. The minimum atomic E-state index is 0.266. The Morgan fingerprint density at radius 1 is 1.36 bits per heavy atom. The van der Waals surface area contributed by atoms with Crippen LogP contribution in [0.4, 0.5) is 5.82 Å². The number of nitrogens with zero attached hydrogens (tertiary/aromatic N) is 1. The second kappa shape index (κ2) is 5.06. The molecule has 1 atom stereocenters. The average Bonchev–Trinajstić information content (AvgIpc) is 2.14. The first-order valence-electron chi connectivity index (χ1n) is 4.32. The van der Waals surface area contributed by atoms with Gasteiger partial charge in [0.15, 0.2) is 0 Å². The van der Waals surface area contributed by atoms with Crippen LogP contribution in [0.15, 0.2) is 6.07 Å². The Hall–Kier alpha value is -0.180. The fraction of sp³-hybridized carbons (Fsp3) is 0.444. The number of nitrogens with one attached hydrogen (secondary N) is 1. The molecule has 0 aliphatic rings. The second-order valence-corrected chi connectivity index (χ2v) is 4.22. The Kier molecular flexibility index (Phi) is 4.30. The Balaban J connectivity index is 2.92. The van der Waals surface area contributed by atoms with Crippen LogP contribution in [0.25, 0.3) is 0 Å². The molecule has 1 rings (SSSR count). The van der Waals surface area contributed by atoms with Crippen LogP contribution in [-0.4, -0.2) is 11.0 Å². The quantitative estimate of drug-likeness (QED) is 0.815. The van der Waals surface area contributed by atoms with Gasteiger partial charge in [-0.05, 0) is 19.4 Å². The van der Waals surface area contributed by atoms with Crippen LogP contribution >= 0.6 is 34.8 Å². The lowest BCUT2D eigenvalue weighted by Gasteiger charge is -2.13. The summed E-state index contributed by atoms with van der Waals surface area (Å²) in [6, 6.07) is 1.89. The number of halogens is 3. The molecule has 1 N–H and O–H groups in total. The molecule has 1 aromatic rings. The Morgan fingerprint density at radius 3 is 2.57 bits per heavy atom. The van der Waals surface area contributed by atoms with Crippen molar-refractivity contribution < 1.29 is 0 Å². The van der Waals surface area contributed by atoms with Crippen molar-refractivity contribution in [2.24, 2.45) is 0 Å². The van der Waals surface area contributed by atoms with E-state index >= 15 is 0 Å². The van der Waals surface area contributed by atoms with Crippen molar-refractivity contribution in [3.63, 3.8) is 0 Å². The summed E-state index contributed by atoms with van der Waals surface area (Å²) in [6.07, 6.45) is 0.984. The van der Waals surface area contributed by atoms with E-state index in [0.29, 0.717) is 21.9 Å². The highest BCUT2D eigenvalue weighted by atomic mass is 35.5. The Bertz CT molecular complexity index is 328. The second-order valence-electron chi connectivity index (χ2n) is 3.05. The third-order valence-electron chi connectivity index (χ3n) is 1.88. The number of hydrogen-bond donors (Lipinski definition) is 1. The summed E-state index contributed by atoms with van der Waals surface area (Å²) in [5.41, 5.74) is 0. The molecule has 0 fully saturated rings. The van der Waals surface area contributed by atoms with Gasteiger partial charge in [-0.2, -0.15) is 0 Å². The molecule has 0 aliphatic carbocycles. The van der Waals surface area contributed by atoms with Crippen LogP contribution in [0.3, 0.4) is 0 Å². The van der Waals surface area contributed by atoms with Gasteiger partial charge in [0.2, 0.25) is 0 Å². The molecule has 0 amide bonds. The standard InChI is InChI=1S/C9H11Cl3N2/c1-3-5(2)13-9-7(11)4-6(10)8(12)14-9/h4-5H,3H2,1-2H3,(H,13,14). The molecule has 0 saturated heterocycles. The molecule has 5 heteroatoms. The first kappa shape index (κ1) is 11.9. The summed E-state index contributed by atoms with van der Waals surface area (Å²) >= 11 is 17.5. The fourth-order valence-electron chi connectivity index (χ4n) is 0.881. The van der Waals surface area contributed by atoms with Crippen molar-refractivity contribution in [3.8, 4) is 0 Å². The SMILES string of the molecule is CCC(C)Nc1nc(Cl)c(Cl)cc1Cl. The summed E-state index contributed by atoms with van der Waals surface area (Å²) in [7, 11) is 0.